The standard InChI is InChI=1S/C37H42N10O9S/c1-21-14-28(56-43-21)35(52)42-37-41-25-17-23(34(38)51)18-27(55-13-7-9-44(3)29(49)8-12-47(53)30(50)19-31(47)57)33(25)46(37)11-6-5-10-45-32-24(40-36(45)39-2)15-22(20-48)16-26(32)54-4/h5-6,14-18,20,31,57H,7-13,19H2,1-4H3,(H2,38,51)(H,39,40)(H,41,42,52)/b6-5+. The predicted octanol–water partition coefficient (Wildman–Crippen LogP) is 3.27. The van der Waals surface area contributed by atoms with Gasteiger partial charge in [0.15, 0.2) is 5.37 Å². The first-order valence-corrected chi connectivity index (χ1v) is 18.4. The first-order chi connectivity index (χ1) is 27.3. The lowest BCUT2D eigenvalue weighted by Gasteiger charge is -2.50. The van der Waals surface area contributed by atoms with Gasteiger partial charge in [-0.25, -0.2) is 14.8 Å². The van der Waals surface area contributed by atoms with Crippen molar-refractivity contribution in [3.63, 3.8) is 0 Å². The molecule has 1 saturated heterocycles. The molecule has 1 aliphatic heterocycles. The lowest BCUT2D eigenvalue weighted by Crippen LogP contribution is -2.63. The van der Waals surface area contributed by atoms with Gasteiger partial charge in [-0.15, -0.1) is 12.6 Å². The molecule has 6 rings (SSSR count). The van der Waals surface area contributed by atoms with Crippen molar-refractivity contribution in [3.05, 3.63) is 70.3 Å². The summed E-state index contributed by atoms with van der Waals surface area (Å²) in [5, 5.41) is 21.6. The minimum Gasteiger partial charge on any atom is -0.624 e. The SMILES string of the molecule is CNc1nc2cc(C=O)cc(OC)c2n1C/C=C/Cn1c(NC(=O)c2cc(C)no2)nc2cc(C(N)=O)cc(OCCCN(C)C(=O)CC[N+]3([O-])C(=O)CC3S)c21. The van der Waals surface area contributed by atoms with Gasteiger partial charge in [0, 0.05) is 50.9 Å². The number of benzene rings is 2. The van der Waals surface area contributed by atoms with Gasteiger partial charge in [0.05, 0.1) is 43.4 Å². The second-order valence-electron chi connectivity index (χ2n) is 13.4. The summed E-state index contributed by atoms with van der Waals surface area (Å²) >= 11 is 4.15. The highest BCUT2D eigenvalue weighted by molar-refractivity contribution is 7.80. The van der Waals surface area contributed by atoms with Crippen LogP contribution in [0.5, 0.6) is 11.5 Å². The molecule has 3 aromatic heterocycles. The number of carbonyl (C=O) groups is 5. The van der Waals surface area contributed by atoms with Gasteiger partial charge in [0.25, 0.3) is 5.91 Å². The summed E-state index contributed by atoms with van der Waals surface area (Å²) in [7, 11) is 4.84. The average molecular weight is 803 g/mol. The van der Waals surface area contributed by atoms with Crippen LogP contribution in [0.25, 0.3) is 22.1 Å². The molecule has 0 radical (unpaired) electrons. The molecule has 4 heterocycles. The number of nitrogens with two attached hydrogens (primary N) is 1. The quantitative estimate of drug-likeness (QED) is 0.0189. The highest BCUT2D eigenvalue weighted by Gasteiger charge is 2.46. The van der Waals surface area contributed by atoms with Crippen LogP contribution in [0.15, 0.2) is 47.0 Å². The number of aromatic nitrogens is 5. The molecule has 4 amide bonds. The first-order valence-electron chi connectivity index (χ1n) is 17.9. The fourth-order valence-corrected chi connectivity index (χ4v) is 6.84. The fraction of sp³-hybridized carbons (Fsp3) is 0.351. The molecule has 19 nitrogen and oxygen atoms in total. The molecule has 2 atom stereocenters. The monoisotopic (exact) mass is 802 g/mol. The third-order valence-electron chi connectivity index (χ3n) is 9.56. The van der Waals surface area contributed by atoms with Crippen molar-refractivity contribution in [3.8, 4) is 11.5 Å². The number of nitrogens with one attached hydrogen (secondary N) is 2. The van der Waals surface area contributed by atoms with E-state index in [2.05, 4.69) is 38.4 Å². The number of fused-ring (bicyclic) bond motifs is 2. The van der Waals surface area contributed by atoms with Crippen LogP contribution in [0.1, 0.15) is 56.2 Å². The van der Waals surface area contributed by atoms with Crippen molar-refractivity contribution in [1.82, 2.24) is 29.2 Å². The molecule has 1 fully saturated rings. The predicted molar refractivity (Wildman–Crippen MR) is 211 cm³/mol. The molecule has 5 aromatic rings. The topological polar surface area (TPSA) is 242 Å². The highest BCUT2D eigenvalue weighted by atomic mass is 32.1. The summed E-state index contributed by atoms with van der Waals surface area (Å²) < 4.78 is 19.4. The van der Waals surface area contributed by atoms with Gasteiger partial charge in [0.2, 0.25) is 29.5 Å². The van der Waals surface area contributed by atoms with Crippen molar-refractivity contribution in [2.24, 2.45) is 5.73 Å². The Morgan fingerprint density at radius 3 is 2.39 bits per heavy atom. The molecule has 2 unspecified atom stereocenters. The summed E-state index contributed by atoms with van der Waals surface area (Å²) in [6, 6.07) is 7.76. The number of aryl methyl sites for hydroxylation is 1. The van der Waals surface area contributed by atoms with E-state index in [-0.39, 0.29) is 68.0 Å². The van der Waals surface area contributed by atoms with Crippen LogP contribution in [0.4, 0.5) is 11.9 Å². The normalized spacial score (nSPS) is 16.5. The smallest absolute Gasteiger partial charge is 0.321 e. The number of aldehydes is 1. The number of ether oxygens (including phenoxy) is 2. The van der Waals surface area contributed by atoms with Crippen LogP contribution in [0.2, 0.25) is 0 Å². The van der Waals surface area contributed by atoms with Crippen LogP contribution in [0.3, 0.4) is 0 Å². The highest BCUT2D eigenvalue weighted by Crippen LogP contribution is 2.34. The van der Waals surface area contributed by atoms with Crippen LogP contribution in [-0.4, -0.2) is 110 Å². The molecule has 0 aliphatic carbocycles. The van der Waals surface area contributed by atoms with E-state index >= 15 is 0 Å². The molecule has 0 saturated carbocycles. The fourth-order valence-electron chi connectivity index (χ4n) is 6.44. The average Bonchev–Trinajstić information content (AvgIpc) is 3.90. The summed E-state index contributed by atoms with van der Waals surface area (Å²) in [4.78, 5) is 72.4. The Kier molecular flexibility index (Phi) is 12.0. The zero-order valence-corrected chi connectivity index (χ0v) is 32.6. The molecular formula is C37H42N10O9S. The summed E-state index contributed by atoms with van der Waals surface area (Å²) in [6.07, 6.45) is 4.79. The summed E-state index contributed by atoms with van der Waals surface area (Å²) in [5.41, 5.74) is 8.71. The third kappa shape index (κ3) is 8.32. The molecule has 2 aromatic carbocycles. The van der Waals surface area contributed by atoms with E-state index in [1.54, 1.807) is 37.7 Å². The van der Waals surface area contributed by atoms with Crippen LogP contribution < -0.4 is 25.8 Å². The molecule has 4 N–H and O–H groups in total. The Hall–Kier alpha value is -6.25. The number of hydrogen-bond acceptors (Lipinski definition) is 14. The Labute approximate surface area is 331 Å². The molecular weight excluding hydrogens is 761 g/mol. The zero-order chi connectivity index (χ0) is 41.0. The molecule has 57 heavy (non-hydrogen) atoms. The van der Waals surface area contributed by atoms with Gasteiger partial charge in [-0.1, -0.05) is 17.3 Å². The number of nitrogens with zero attached hydrogens (tertiary/aromatic N) is 7. The number of imidazole rings is 2. The van der Waals surface area contributed by atoms with Gasteiger partial charge in [-0.05, 0) is 37.6 Å². The molecule has 0 bridgehead atoms. The number of carbonyl (C=O) groups excluding carboxylic acids is 5. The zero-order valence-electron chi connectivity index (χ0n) is 31.7. The van der Waals surface area contributed by atoms with Crippen LogP contribution in [0, 0.1) is 12.1 Å². The molecule has 1 aliphatic rings. The van der Waals surface area contributed by atoms with E-state index < -0.39 is 27.7 Å². The van der Waals surface area contributed by atoms with Gasteiger partial charge < -0.3 is 44.3 Å². The lowest BCUT2D eigenvalue weighted by molar-refractivity contribution is -0.841. The van der Waals surface area contributed by atoms with Crippen molar-refractivity contribution in [1.29, 1.82) is 0 Å². The summed E-state index contributed by atoms with van der Waals surface area (Å²) in [6.45, 7) is 2.36. The number of allylic oxidation sites excluding steroid dienone is 2. The maximum absolute atomic E-state index is 13.2. The van der Waals surface area contributed by atoms with Gasteiger partial charge in [-0.2, -0.15) is 0 Å². The van der Waals surface area contributed by atoms with Gasteiger partial charge in [-0.3, -0.25) is 29.1 Å². The molecule has 300 valence electrons. The number of hydroxylamine groups is 3. The van der Waals surface area contributed by atoms with E-state index in [0.29, 0.717) is 58.0 Å². The minimum absolute atomic E-state index is 0.0398. The Balaban J connectivity index is 1.25. The number of rotatable bonds is 18. The number of primary amides is 1. The molecule has 20 heteroatoms. The van der Waals surface area contributed by atoms with Gasteiger partial charge in [0.1, 0.15) is 35.2 Å². The number of β-lactam (4-membered cyclic amide) rings is 1. The number of hydrogen-bond donors (Lipinski definition) is 4. The van der Waals surface area contributed by atoms with Crippen LogP contribution in [-0.2, 0) is 22.7 Å². The largest absolute Gasteiger partial charge is 0.624 e. The maximum atomic E-state index is 13.2. The van der Waals surface area contributed by atoms with E-state index in [0.717, 1.165) is 6.29 Å². The maximum Gasteiger partial charge on any atom is 0.321 e. The second-order valence-corrected chi connectivity index (χ2v) is 14.0. The van der Waals surface area contributed by atoms with Crippen molar-refractivity contribution in [2.75, 3.05) is 51.5 Å². The molecule has 0 spiro atoms. The number of quaternary nitrogens is 1. The number of methoxy groups -OCH3 is 1. The summed E-state index contributed by atoms with van der Waals surface area (Å²) in [5.74, 6) is -0.800. The minimum atomic E-state index is -1.11. The Morgan fingerprint density at radius 2 is 1.77 bits per heavy atom. The second kappa shape index (κ2) is 16.9. The van der Waals surface area contributed by atoms with Crippen molar-refractivity contribution >= 4 is 76.5 Å². The first kappa shape index (κ1) is 40.4. The Bertz CT molecular complexity index is 2400. The van der Waals surface area contributed by atoms with E-state index in [4.69, 9.17) is 19.7 Å². The van der Waals surface area contributed by atoms with Crippen molar-refractivity contribution in [2.45, 2.75) is 44.6 Å². The third-order valence-corrected chi connectivity index (χ3v) is 10.1. The van der Waals surface area contributed by atoms with E-state index in [1.165, 1.54) is 30.2 Å². The van der Waals surface area contributed by atoms with E-state index in [1.807, 2.05) is 16.7 Å². The van der Waals surface area contributed by atoms with Gasteiger partial charge >= 0.3 is 5.91 Å². The number of likely N-dealkylation sites (tertiary alicyclic amines) is 1. The number of amides is 4. The Morgan fingerprint density at radius 1 is 1.09 bits per heavy atom. The van der Waals surface area contributed by atoms with Crippen molar-refractivity contribution < 1.29 is 42.6 Å². The van der Waals surface area contributed by atoms with Crippen LogP contribution >= 0.6 is 12.6 Å². The number of thiol groups is 1. The number of anilines is 2. The lowest BCUT2D eigenvalue weighted by atomic mass is 10.1. The van der Waals surface area contributed by atoms with E-state index in [9.17, 15) is 29.2 Å².